The van der Waals surface area contributed by atoms with Gasteiger partial charge in [-0.3, -0.25) is 9.78 Å². The standard InChI is InChI=1S/C24H21N7OS/c1-14-12-15(2)31(29-14)20-11-7-6-10-19(20)27-23(32)22-16(3)30-33-24(22)28-21-13-25-17-8-4-5-9-18(17)26-21/h4-13H,1-3H3,(H,26,28)(H,27,32). The fraction of sp³-hybridized carbons (Fsp3) is 0.125. The summed E-state index contributed by atoms with van der Waals surface area (Å²) in [7, 11) is 0. The third-order valence-electron chi connectivity index (χ3n) is 5.17. The lowest BCUT2D eigenvalue weighted by atomic mass is 10.2. The molecule has 5 aromatic rings. The van der Waals surface area contributed by atoms with Crippen LogP contribution in [0.3, 0.4) is 0 Å². The van der Waals surface area contributed by atoms with Crippen molar-refractivity contribution in [3.05, 3.63) is 83.4 Å². The van der Waals surface area contributed by atoms with Gasteiger partial charge in [0, 0.05) is 5.69 Å². The zero-order valence-corrected chi connectivity index (χ0v) is 19.1. The van der Waals surface area contributed by atoms with Crippen LogP contribution in [0.4, 0.5) is 16.5 Å². The molecule has 8 nitrogen and oxygen atoms in total. The van der Waals surface area contributed by atoms with Crippen molar-refractivity contribution in [2.75, 3.05) is 10.6 Å². The quantitative estimate of drug-likeness (QED) is 0.378. The number of para-hydroxylation sites is 4. The minimum atomic E-state index is -0.258. The topological polar surface area (TPSA) is 97.6 Å². The highest BCUT2D eigenvalue weighted by Gasteiger charge is 2.21. The van der Waals surface area contributed by atoms with Gasteiger partial charge < -0.3 is 10.6 Å². The van der Waals surface area contributed by atoms with Crippen molar-refractivity contribution in [1.82, 2.24) is 24.1 Å². The lowest BCUT2D eigenvalue weighted by Crippen LogP contribution is -2.16. The number of carbonyl (C=O) groups is 1. The van der Waals surface area contributed by atoms with Gasteiger partial charge in [-0.05, 0) is 62.6 Å². The van der Waals surface area contributed by atoms with Crippen molar-refractivity contribution >= 4 is 45.0 Å². The smallest absolute Gasteiger partial charge is 0.260 e. The zero-order chi connectivity index (χ0) is 22.9. The van der Waals surface area contributed by atoms with Crippen molar-refractivity contribution in [3.63, 3.8) is 0 Å². The molecule has 0 atom stereocenters. The highest BCUT2D eigenvalue weighted by molar-refractivity contribution is 7.10. The van der Waals surface area contributed by atoms with Gasteiger partial charge in [-0.1, -0.05) is 24.3 Å². The second-order valence-corrected chi connectivity index (χ2v) is 8.42. The molecule has 33 heavy (non-hydrogen) atoms. The molecule has 0 unspecified atom stereocenters. The first kappa shape index (κ1) is 20.8. The van der Waals surface area contributed by atoms with Crippen molar-refractivity contribution in [2.24, 2.45) is 0 Å². The van der Waals surface area contributed by atoms with Gasteiger partial charge in [-0.25, -0.2) is 9.67 Å². The monoisotopic (exact) mass is 455 g/mol. The molecule has 2 aromatic carbocycles. The molecule has 3 heterocycles. The average Bonchev–Trinajstić information content (AvgIpc) is 3.34. The molecule has 5 rings (SSSR count). The number of hydrogen-bond donors (Lipinski definition) is 2. The van der Waals surface area contributed by atoms with E-state index in [9.17, 15) is 4.79 Å². The van der Waals surface area contributed by atoms with Gasteiger partial charge in [0.2, 0.25) is 0 Å². The van der Waals surface area contributed by atoms with Crippen molar-refractivity contribution < 1.29 is 4.79 Å². The molecule has 0 spiro atoms. The number of aryl methyl sites for hydroxylation is 3. The summed E-state index contributed by atoms with van der Waals surface area (Å²) >= 11 is 1.21. The zero-order valence-electron chi connectivity index (χ0n) is 18.3. The van der Waals surface area contributed by atoms with E-state index in [0.29, 0.717) is 27.8 Å². The van der Waals surface area contributed by atoms with E-state index in [-0.39, 0.29) is 5.91 Å². The molecule has 0 radical (unpaired) electrons. The molecule has 3 aromatic heterocycles. The van der Waals surface area contributed by atoms with Gasteiger partial charge >= 0.3 is 0 Å². The van der Waals surface area contributed by atoms with Crippen LogP contribution < -0.4 is 10.6 Å². The van der Waals surface area contributed by atoms with E-state index in [1.807, 2.05) is 80.1 Å². The number of anilines is 3. The largest absolute Gasteiger partial charge is 0.329 e. The Morgan fingerprint density at radius 3 is 2.55 bits per heavy atom. The maximum Gasteiger partial charge on any atom is 0.260 e. The van der Waals surface area contributed by atoms with Crippen molar-refractivity contribution in [2.45, 2.75) is 20.8 Å². The fourth-order valence-corrected chi connectivity index (χ4v) is 4.48. The van der Waals surface area contributed by atoms with Gasteiger partial charge in [0.15, 0.2) is 0 Å². The predicted molar refractivity (Wildman–Crippen MR) is 131 cm³/mol. The SMILES string of the molecule is Cc1cc(C)n(-c2ccccc2NC(=O)c2c(C)nsc2Nc2cnc3ccccc3n2)n1. The summed E-state index contributed by atoms with van der Waals surface area (Å²) in [6.07, 6.45) is 1.65. The molecule has 2 N–H and O–H groups in total. The summed E-state index contributed by atoms with van der Waals surface area (Å²) in [6.45, 7) is 5.74. The molecule has 0 saturated heterocycles. The minimum Gasteiger partial charge on any atom is -0.329 e. The number of hydrogen-bond acceptors (Lipinski definition) is 7. The van der Waals surface area contributed by atoms with E-state index in [4.69, 9.17) is 0 Å². The van der Waals surface area contributed by atoms with E-state index in [1.54, 1.807) is 6.20 Å². The lowest BCUT2D eigenvalue weighted by molar-refractivity contribution is 0.102. The van der Waals surface area contributed by atoms with E-state index >= 15 is 0 Å². The number of amides is 1. The molecular formula is C24H21N7OS. The number of nitrogens with one attached hydrogen (secondary N) is 2. The van der Waals surface area contributed by atoms with Crippen LogP contribution in [0.25, 0.3) is 16.7 Å². The molecule has 0 saturated carbocycles. The molecule has 0 fully saturated rings. The number of aromatic nitrogens is 5. The molecule has 0 aliphatic rings. The molecule has 0 aliphatic carbocycles. The number of benzene rings is 2. The van der Waals surface area contributed by atoms with Crippen LogP contribution in [0, 0.1) is 20.8 Å². The Balaban J connectivity index is 1.45. The number of rotatable bonds is 5. The van der Waals surface area contributed by atoms with Crippen LogP contribution in [-0.4, -0.2) is 30.0 Å². The molecule has 0 aliphatic heterocycles. The highest BCUT2D eigenvalue weighted by atomic mass is 32.1. The minimum absolute atomic E-state index is 0.258. The molecule has 9 heteroatoms. The summed E-state index contributed by atoms with van der Waals surface area (Å²) < 4.78 is 6.22. The Morgan fingerprint density at radius 1 is 1.00 bits per heavy atom. The van der Waals surface area contributed by atoms with Crippen LogP contribution in [0.1, 0.15) is 27.4 Å². The van der Waals surface area contributed by atoms with Gasteiger partial charge in [0.1, 0.15) is 10.8 Å². The molecule has 0 bridgehead atoms. The second-order valence-electron chi connectivity index (χ2n) is 7.65. The summed E-state index contributed by atoms with van der Waals surface area (Å²) in [5.41, 5.74) is 6.04. The van der Waals surface area contributed by atoms with Crippen LogP contribution in [0.2, 0.25) is 0 Å². The Hall–Kier alpha value is -4.11. The Labute approximate surface area is 194 Å². The van der Waals surface area contributed by atoms with Gasteiger partial charge in [-0.15, -0.1) is 0 Å². The molecular weight excluding hydrogens is 434 g/mol. The number of nitrogens with zero attached hydrogens (tertiary/aromatic N) is 5. The van der Waals surface area contributed by atoms with Crippen LogP contribution >= 0.6 is 11.5 Å². The normalized spacial score (nSPS) is 11.0. The van der Waals surface area contributed by atoms with E-state index in [1.165, 1.54) is 11.5 Å². The summed E-state index contributed by atoms with van der Waals surface area (Å²) in [5.74, 6) is 0.293. The second kappa shape index (κ2) is 8.44. The van der Waals surface area contributed by atoms with Gasteiger partial charge in [-0.2, -0.15) is 9.47 Å². The summed E-state index contributed by atoms with van der Waals surface area (Å²) in [5, 5.41) is 11.4. The van der Waals surface area contributed by atoms with Crippen LogP contribution in [0.15, 0.2) is 60.8 Å². The highest BCUT2D eigenvalue weighted by Crippen LogP contribution is 2.30. The van der Waals surface area contributed by atoms with Crippen molar-refractivity contribution in [1.29, 1.82) is 0 Å². The van der Waals surface area contributed by atoms with Gasteiger partial charge in [0.05, 0.1) is 45.6 Å². The summed E-state index contributed by atoms with van der Waals surface area (Å²) in [4.78, 5) is 22.4. The average molecular weight is 456 g/mol. The Bertz CT molecular complexity index is 1490. The fourth-order valence-electron chi connectivity index (χ4n) is 3.68. The van der Waals surface area contributed by atoms with E-state index in [2.05, 4.69) is 30.1 Å². The molecule has 1 amide bonds. The third kappa shape index (κ3) is 4.06. The van der Waals surface area contributed by atoms with E-state index < -0.39 is 0 Å². The predicted octanol–water partition coefficient (Wildman–Crippen LogP) is 5.19. The Morgan fingerprint density at radius 2 is 1.76 bits per heavy atom. The van der Waals surface area contributed by atoms with E-state index in [0.717, 1.165) is 28.1 Å². The number of carbonyl (C=O) groups excluding carboxylic acids is 1. The first-order valence-corrected chi connectivity index (χ1v) is 11.2. The first-order valence-electron chi connectivity index (χ1n) is 10.4. The summed E-state index contributed by atoms with van der Waals surface area (Å²) in [6, 6.07) is 17.2. The maximum absolute atomic E-state index is 13.3. The Kier molecular flexibility index (Phi) is 5.31. The van der Waals surface area contributed by atoms with Crippen LogP contribution in [0.5, 0.6) is 0 Å². The maximum atomic E-state index is 13.3. The lowest BCUT2D eigenvalue weighted by Gasteiger charge is -2.13. The first-order chi connectivity index (χ1) is 16.0. The van der Waals surface area contributed by atoms with Crippen LogP contribution in [-0.2, 0) is 0 Å². The van der Waals surface area contributed by atoms with Gasteiger partial charge in [0.25, 0.3) is 5.91 Å². The van der Waals surface area contributed by atoms with Crippen molar-refractivity contribution in [3.8, 4) is 5.69 Å². The molecule has 164 valence electrons. The number of fused-ring (bicyclic) bond motifs is 1. The third-order valence-corrected chi connectivity index (χ3v) is 6.02.